The molecule has 0 aromatic heterocycles. The minimum Gasteiger partial charge on any atom is -0.492 e. The number of rotatable bonds is 5. The van der Waals surface area contributed by atoms with Gasteiger partial charge in [-0.25, -0.2) is 0 Å². The summed E-state index contributed by atoms with van der Waals surface area (Å²) in [5, 5.41) is 12.2. The van der Waals surface area contributed by atoms with Crippen molar-refractivity contribution in [3.63, 3.8) is 0 Å². The molecule has 1 amide bonds. The molecule has 1 heterocycles. The summed E-state index contributed by atoms with van der Waals surface area (Å²) in [5.41, 5.74) is 0.544. The highest BCUT2D eigenvalue weighted by Gasteiger charge is 2.15. The molecular formula is C15H19N3O2. The van der Waals surface area contributed by atoms with Crippen LogP contribution in [0.1, 0.15) is 18.4 Å². The molecule has 1 saturated heterocycles. The number of para-hydroxylation sites is 1. The van der Waals surface area contributed by atoms with Gasteiger partial charge in [-0.15, -0.1) is 0 Å². The summed E-state index contributed by atoms with van der Waals surface area (Å²) in [5.74, 6) is 0.811. The maximum atomic E-state index is 11.8. The molecule has 1 fully saturated rings. The van der Waals surface area contributed by atoms with Crippen LogP contribution < -0.4 is 10.1 Å². The number of benzene rings is 1. The summed E-state index contributed by atoms with van der Waals surface area (Å²) in [6.45, 7) is 3.59. The van der Waals surface area contributed by atoms with E-state index in [0.29, 0.717) is 30.9 Å². The number of nitriles is 1. The molecule has 106 valence electrons. The predicted octanol–water partition coefficient (Wildman–Crippen LogP) is 1.15. The Morgan fingerprint density at radius 1 is 1.35 bits per heavy atom. The topological polar surface area (TPSA) is 65.4 Å². The predicted molar refractivity (Wildman–Crippen MR) is 75.3 cm³/mol. The number of amides is 1. The van der Waals surface area contributed by atoms with Gasteiger partial charge in [0.05, 0.1) is 12.2 Å². The van der Waals surface area contributed by atoms with Crippen molar-refractivity contribution in [1.29, 1.82) is 5.26 Å². The third-order valence-corrected chi connectivity index (χ3v) is 3.26. The smallest absolute Gasteiger partial charge is 0.223 e. The molecular weight excluding hydrogens is 254 g/mol. The maximum Gasteiger partial charge on any atom is 0.223 e. The Morgan fingerprint density at radius 2 is 2.20 bits per heavy atom. The number of hydrogen-bond donors (Lipinski definition) is 1. The molecule has 5 nitrogen and oxygen atoms in total. The fourth-order valence-electron chi connectivity index (χ4n) is 2.18. The average Bonchev–Trinajstić information content (AvgIpc) is 2.69. The van der Waals surface area contributed by atoms with Crippen LogP contribution in [-0.2, 0) is 4.79 Å². The highest BCUT2D eigenvalue weighted by atomic mass is 16.5. The van der Waals surface area contributed by atoms with Gasteiger partial charge in [0.15, 0.2) is 0 Å². The standard InChI is InChI=1S/C15H19N3O2/c16-12-13-4-1-2-5-14(13)20-11-3-9-18-10-8-17-7-6-15(18)19/h1-2,4-5,17H,3,6-11H2. The van der Waals surface area contributed by atoms with E-state index >= 15 is 0 Å². The molecule has 2 rings (SSSR count). The maximum absolute atomic E-state index is 11.8. The summed E-state index contributed by atoms with van der Waals surface area (Å²) in [6, 6.07) is 9.29. The normalized spacial score (nSPS) is 15.6. The van der Waals surface area contributed by atoms with E-state index in [1.807, 2.05) is 17.0 Å². The Morgan fingerprint density at radius 3 is 3.05 bits per heavy atom. The van der Waals surface area contributed by atoms with Crippen LogP contribution in [0.25, 0.3) is 0 Å². The average molecular weight is 273 g/mol. The molecule has 0 radical (unpaired) electrons. The molecule has 1 aromatic rings. The van der Waals surface area contributed by atoms with E-state index < -0.39 is 0 Å². The number of carbonyl (C=O) groups is 1. The third-order valence-electron chi connectivity index (χ3n) is 3.26. The third kappa shape index (κ3) is 3.97. The molecule has 1 N–H and O–H groups in total. The lowest BCUT2D eigenvalue weighted by Crippen LogP contribution is -2.33. The molecule has 1 aliphatic rings. The molecule has 5 heteroatoms. The molecule has 0 saturated carbocycles. The lowest BCUT2D eigenvalue weighted by Gasteiger charge is -2.20. The highest BCUT2D eigenvalue weighted by molar-refractivity contribution is 5.76. The van der Waals surface area contributed by atoms with Crippen LogP contribution in [0.15, 0.2) is 24.3 Å². The summed E-state index contributed by atoms with van der Waals surface area (Å²) < 4.78 is 5.61. The van der Waals surface area contributed by atoms with Gasteiger partial charge in [0, 0.05) is 32.6 Å². The van der Waals surface area contributed by atoms with Gasteiger partial charge in [0.1, 0.15) is 11.8 Å². The highest BCUT2D eigenvalue weighted by Crippen LogP contribution is 2.16. The lowest BCUT2D eigenvalue weighted by molar-refractivity contribution is -0.130. The van der Waals surface area contributed by atoms with Crippen molar-refractivity contribution in [3.05, 3.63) is 29.8 Å². The van der Waals surface area contributed by atoms with Crippen molar-refractivity contribution in [2.24, 2.45) is 0 Å². The van der Waals surface area contributed by atoms with Crippen molar-refractivity contribution in [3.8, 4) is 11.8 Å². The van der Waals surface area contributed by atoms with E-state index in [2.05, 4.69) is 11.4 Å². The Hall–Kier alpha value is -2.06. The van der Waals surface area contributed by atoms with E-state index in [1.165, 1.54) is 0 Å². The van der Waals surface area contributed by atoms with E-state index in [4.69, 9.17) is 10.00 Å². The second kappa shape index (κ2) is 7.51. The summed E-state index contributed by atoms with van der Waals surface area (Å²) in [7, 11) is 0. The van der Waals surface area contributed by atoms with Crippen molar-refractivity contribution in [2.75, 3.05) is 32.8 Å². The summed E-state index contributed by atoms with van der Waals surface area (Å²) in [4.78, 5) is 13.7. The SMILES string of the molecule is N#Cc1ccccc1OCCCN1CCNCCC1=O. The van der Waals surface area contributed by atoms with E-state index in [1.54, 1.807) is 12.1 Å². The van der Waals surface area contributed by atoms with Crippen LogP contribution in [0, 0.1) is 11.3 Å². The second-order valence-corrected chi connectivity index (χ2v) is 4.69. The van der Waals surface area contributed by atoms with Gasteiger partial charge in [-0.05, 0) is 18.6 Å². The van der Waals surface area contributed by atoms with Crippen LogP contribution in [-0.4, -0.2) is 43.6 Å². The monoisotopic (exact) mass is 273 g/mol. The zero-order valence-corrected chi connectivity index (χ0v) is 11.5. The molecule has 0 spiro atoms. The first-order chi connectivity index (χ1) is 9.81. The van der Waals surface area contributed by atoms with Gasteiger partial charge < -0.3 is 15.0 Å². The van der Waals surface area contributed by atoms with Gasteiger partial charge in [-0.2, -0.15) is 5.26 Å². The first-order valence-electron chi connectivity index (χ1n) is 6.91. The Balaban J connectivity index is 1.76. The molecule has 0 atom stereocenters. The molecule has 0 bridgehead atoms. The van der Waals surface area contributed by atoms with Crippen LogP contribution in [0.2, 0.25) is 0 Å². The number of hydrogen-bond acceptors (Lipinski definition) is 4. The number of carbonyl (C=O) groups excluding carboxylic acids is 1. The Labute approximate surface area is 119 Å². The van der Waals surface area contributed by atoms with E-state index in [0.717, 1.165) is 26.1 Å². The van der Waals surface area contributed by atoms with Crippen LogP contribution in [0.4, 0.5) is 0 Å². The molecule has 0 aliphatic carbocycles. The van der Waals surface area contributed by atoms with Gasteiger partial charge in [-0.3, -0.25) is 4.79 Å². The van der Waals surface area contributed by atoms with Gasteiger partial charge in [-0.1, -0.05) is 12.1 Å². The zero-order valence-electron chi connectivity index (χ0n) is 11.5. The first-order valence-corrected chi connectivity index (χ1v) is 6.91. The lowest BCUT2D eigenvalue weighted by atomic mass is 10.2. The van der Waals surface area contributed by atoms with Crippen LogP contribution in [0.3, 0.4) is 0 Å². The number of ether oxygens (including phenoxy) is 1. The quantitative estimate of drug-likeness (QED) is 0.817. The van der Waals surface area contributed by atoms with Gasteiger partial charge >= 0.3 is 0 Å². The van der Waals surface area contributed by atoms with Crippen molar-refractivity contribution < 1.29 is 9.53 Å². The fourth-order valence-corrected chi connectivity index (χ4v) is 2.18. The minimum absolute atomic E-state index is 0.201. The van der Waals surface area contributed by atoms with E-state index in [9.17, 15) is 4.79 Å². The van der Waals surface area contributed by atoms with Crippen molar-refractivity contribution in [2.45, 2.75) is 12.8 Å². The molecule has 20 heavy (non-hydrogen) atoms. The molecule has 1 aliphatic heterocycles. The van der Waals surface area contributed by atoms with Crippen molar-refractivity contribution in [1.82, 2.24) is 10.2 Å². The first kappa shape index (κ1) is 14.4. The molecule has 0 unspecified atom stereocenters. The van der Waals surface area contributed by atoms with E-state index in [-0.39, 0.29) is 5.91 Å². The second-order valence-electron chi connectivity index (χ2n) is 4.69. The van der Waals surface area contributed by atoms with Gasteiger partial charge in [0.25, 0.3) is 0 Å². The largest absolute Gasteiger partial charge is 0.492 e. The Bertz CT molecular complexity index is 496. The molecule has 1 aromatic carbocycles. The zero-order chi connectivity index (χ0) is 14.2. The summed E-state index contributed by atoms with van der Waals surface area (Å²) >= 11 is 0. The number of nitrogens with one attached hydrogen (secondary N) is 1. The van der Waals surface area contributed by atoms with Crippen molar-refractivity contribution >= 4 is 5.91 Å². The van der Waals surface area contributed by atoms with Crippen LogP contribution >= 0.6 is 0 Å². The summed E-state index contributed by atoms with van der Waals surface area (Å²) in [6.07, 6.45) is 1.34. The number of nitrogens with zero attached hydrogens (tertiary/aromatic N) is 2. The fraction of sp³-hybridized carbons (Fsp3) is 0.467. The van der Waals surface area contributed by atoms with Gasteiger partial charge in [0.2, 0.25) is 5.91 Å². The Kier molecular flexibility index (Phi) is 5.39. The van der Waals surface area contributed by atoms with Crippen LogP contribution in [0.5, 0.6) is 5.75 Å². The minimum atomic E-state index is 0.201.